The van der Waals surface area contributed by atoms with Crippen LogP contribution in [0.4, 0.5) is 4.79 Å². The fourth-order valence-electron chi connectivity index (χ4n) is 2.24. The van der Waals surface area contributed by atoms with Crippen molar-refractivity contribution in [2.75, 3.05) is 26.8 Å². The number of nitrogens with zero attached hydrogens (tertiary/aromatic N) is 1. The second-order valence-corrected chi connectivity index (χ2v) is 5.39. The van der Waals surface area contributed by atoms with Gasteiger partial charge in [0, 0.05) is 13.1 Å². The number of hydrogen-bond donors (Lipinski definition) is 2. The Bertz CT molecular complexity index is 735. The summed E-state index contributed by atoms with van der Waals surface area (Å²) in [5.41, 5.74) is 5.12. The van der Waals surface area contributed by atoms with Gasteiger partial charge in [-0.3, -0.25) is 14.5 Å². The zero-order valence-electron chi connectivity index (χ0n) is 14.3. The van der Waals surface area contributed by atoms with E-state index in [9.17, 15) is 19.2 Å². The highest BCUT2D eigenvalue weighted by Gasteiger charge is 2.31. The number of esters is 1. The van der Waals surface area contributed by atoms with E-state index in [2.05, 4.69) is 5.32 Å². The lowest BCUT2D eigenvalue weighted by atomic mass is 10.2. The Morgan fingerprint density at radius 1 is 1.31 bits per heavy atom. The SMILES string of the molecule is COc1cc(C(=O)OC(C)C(=O)N2CCNC2=O)ccc1OCC(N)=O. The first-order chi connectivity index (χ1) is 12.3. The molecule has 1 aliphatic rings. The summed E-state index contributed by atoms with van der Waals surface area (Å²) in [6.45, 7) is 1.62. The van der Waals surface area contributed by atoms with Crippen LogP contribution >= 0.6 is 0 Å². The molecule has 10 nitrogen and oxygen atoms in total. The summed E-state index contributed by atoms with van der Waals surface area (Å²) in [4.78, 5) is 47.7. The van der Waals surface area contributed by atoms with Crippen LogP contribution in [0.5, 0.6) is 11.5 Å². The lowest BCUT2D eigenvalue weighted by Crippen LogP contribution is -2.41. The van der Waals surface area contributed by atoms with Crippen LogP contribution in [0.3, 0.4) is 0 Å². The van der Waals surface area contributed by atoms with Crippen LogP contribution in [0.25, 0.3) is 0 Å². The van der Waals surface area contributed by atoms with E-state index in [1.807, 2.05) is 0 Å². The van der Waals surface area contributed by atoms with Crippen LogP contribution in [-0.4, -0.2) is 61.6 Å². The molecule has 2 rings (SSSR count). The summed E-state index contributed by atoms with van der Waals surface area (Å²) in [5, 5.41) is 2.49. The van der Waals surface area contributed by atoms with Crippen LogP contribution in [0.15, 0.2) is 18.2 Å². The number of methoxy groups -OCH3 is 1. The monoisotopic (exact) mass is 365 g/mol. The van der Waals surface area contributed by atoms with Gasteiger partial charge >= 0.3 is 12.0 Å². The zero-order valence-corrected chi connectivity index (χ0v) is 14.3. The standard InChI is InChI=1S/C16H19N3O7/c1-9(14(21)19-6-5-18-16(19)23)26-15(22)10-3-4-11(12(7-10)24-2)25-8-13(17)20/h3-4,7,9H,5-6,8H2,1-2H3,(H2,17,20)(H,18,23). The number of carbonyl (C=O) groups is 4. The van der Waals surface area contributed by atoms with Crippen LogP contribution in [0, 0.1) is 0 Å². The molecule has 10 heteroatoms. The van der Waals surface area contributed by atoms with Gasteiger partial charge < -0.3 is 25.3 Å². The van der Waals surface area contributed by atoms with E-state index in [0.717, 1.165) is 4.90 Å². The molecule has 0 bridgehead atoms. The van der Waals surface area contributed by atoms with Gasteiger partial charge in [0.05, 0.1) is 12.7 Å². The first-order valence-corrected chi connectivity index (χ1v) is 7.72. The third-order valence-corrected chi connectivity index (χ3v) is 3.52. The van der Waals surface area contributed by atoms with E-state index in [-0.39, 0.29) is 30.2 Å². The average molecular weight is 365 g/mol. The summed E-state index contributed by atoms with van der Waals surface area (Å²) in [7, 11) is 1.36. The van der Waals surface area contributed by atoms with E-state index in [0.29, 0.717) is 6.54 Å². The molecule has 1 atom stereocenters. The van der Waals surface area contributed by atoms with Gasteiger partial charge in [-0.2, -0.15) is 0 Å². The first kappa shape index (κ1) is 19.0. The summed E-state index contributed by atoms with van der Waals surface area (Å²) in [6.07, 6.45) is -1.14. The molecule has 0 aromatic heterocycles. The molecule has 1 saturated heterocycles. The van der Waals surface area contributed by atoms with E-state index in [4.69, 9.17) is 19.9 Å². The maximum Gasteiger partial charge on any atom is 0.339 e. The fraction of sp³-hybridized carbons (Fsp3) is 0.375. The van der Waals surface area contributed by atoms with Crippen molar-refractivity contribution in [3.63, 3.8) is 0 Å². The van der Waals surface area contributed by atoms with Crippen molar-refractivity contribution in [3.05, 3.63) is 23.8 Å². The number of nitrogens with two attached hydrogens (primary N) is 1. The van der Waals surface area contributed by atoms with Gasteiger partial charge in [0.25, 0.3) is 11.8 Å². The third kappa shape index (κ3) is 4.41. The van der Waals surface area contributed by atoms with Crippen molar-refractivity contribution in [2.24, 2.45) is 5.73 Å². The Balaban J connectivity index is 2.05. The molecule has 1 aliphatic heterocycles. The van der Waals surface area contributed by atoms with Gasteiger partial charge in [-0.25, -0.2) is 9.59 Å². The molecule has 1 fully saturated rings. The van der Waals surface area contributed by atoms with Crippen molar-refractivity contribution in [2.45, 2.75) is 13.0 Å². The minimum atomic E-state index is -1.14. The van der Waals surface area contributed by atoms with Crippen molar-refractivity contribution in [1.82, 2.24) is 10.2 Å². The quantitative estimate of drug-likeness (QED) is 0.630. The Morgan fingerprint density at radius 3 is 2.62 bits per heavy atom. The number of imide groups is 1. The van der Waals surface area contributed by atoms with E-state index in [1.165, 1.54) is 32.2 Å². The summed E-state index contributed by atoms with van der Waals surface area (Å²) < 4.78 is 15.4. The predicted octanol–water partition coefficient (Wildman–Crippen LogP) is -0.344. The molecule has 0 aliphatic carbocycles. The first-order valence-electron chi connectivity index (χ1n) is 7.72. The number of urea groups is 1. The van der Waals surface area contributed by atoms with Crippen LogP contribution in [-0.2, 0) is 14.3 Å². The molecular formula is C16H19N3O7. The second kappa shape index (κ2) is 8.19. The van der Waals surface area contributed by atoms with Gasteiger partial charge in [-0.15, -0.1) is 0 Å². The number of primary amides is 1. The van der Waals surface area contributed by atoms with Crippen molar-refractivity contribution in [1.29, 1.82) is 0 Å². The number of carbonyl (C=O) groups excluding carboxylic acids is 4. The summed E-state index contributed by atoms with van der Waals surface area (Å²) >= 11 is 0. The Labute approximate surface area is 149 Å². The largest absolute Gasteiger partial charge is 0.493 e. The number of amides is 4. The molecule has 0 radical (unpaired) electrons. The van der Waals surface area contributed by atoms with Crippen molar-refractivity contribution in [3.8, 4) is 11.5 Å². The van der Waals surface area contributed by atoms with Crippen LogP contribution in [0.2, 0.25) is 0 Å². The molecule has 0 saturated carbocycles. The lowest BCUT2D eigenvalue weighted by Gasteiger charge is -2.18. The Hall–Kier alpha value is -3.30. The van der Waals surface area contributed by atoms with Gasteiger partial charge in [0.1, 0.15) is 0 Å². The Kier molecular flexibility index (Phi) is 5.99. The number of rotatable bonds is 7. The Morgan fingerprint density at radius 2 is 2.04 bits per heavy atom. The molecule has 26 heavy (non-hydrogen) atoms. The minimum absolute atomic E-state index is 0.110. The highest BCUT2D eigenvalue weighted by molar-refractivity contribution is 5.99. The van der Waals surface area contributed by atoms with Crippen molar-refractivity contribution >= 4 is 23.8 Å². The molecule has 1 heterocycles. The van der Waals surface area contributed by atoms with E-state index < -0.39 is 29.9 Å². The molecule has 1 aromatic carbocycles. The molecular weight excluding hydrogens is 346 g/mol. The number of nitrogens with one attached hydrogen (secondary N) is 1. The molecule has 1 unspecified atom stereocenters. The van der Waals surface area contributed by atoms with E-state index >= 15 is 0 Å². The highest BCUT2D eigenvalue weighted by atomic mass is 16.5. The van der Waals surface area contributed by atoms with Gasteiger partial charge in [-0.1, -0.05) is 0 Å². The average Bonchev–Trinajstić information content (AvgIpc) is 3.04. The number of benzene rings is 1. The normalized spacial score (nSPS) is 14.4. The smallest absolute Gasteiger partial charge is 0.339 e. The van der Waals surface area contributed by atoms with Gasteiger partial charge in [0.2, 0.25) is 0 Å². The maximum atomic E-state index is 12.2. The molecule has 140 valence electrons. The topological polar surface area (TPSA) is 137 Å². The molecule has 3 N–H and O–H groups in total. The summed E-state index contributed by atoms with van der Waals surface area (Å²) in [5.74, 6) is -1.62. The predicted molar refractivity (Wildman–Crippen MR) is 87.7 cm³/mol. The minimum Gasteiger partial charge on any atom is -0.493 e. The van der Waals surface area contributed by atoms with Crippen molar-refractivity contribution < 1.29 is 33.4 Å². The van der Waals surface area contributed by atoms with Gasteiger partial charge in [-0.05, 0) is 25.1 Å². The van der Waals surface area contributed by atoms with E-state index in [1.54, 1.807) is 0 Å². The fourth-order valence-corrected chi connectivity index (χ4v) is 2.24. The molecule has 1 aromatic rings. The van der Waals surface area contributed by atoms with Gasteiger partial charge in [0.15, 0.2) is 24.2 Å². The lowest BCUT2D eigenvalue weighted by molar-refractivity contribution is -0.136. The maximum absolute atomic E-state index is 12.2. The van der Waals surface area contributed by atoms with Crippen LogP contribution < -0.4 is 20.5 Å². The third-order valence-electron chi connectivity index (χ3n) is 3.52. The summed E-state index contributed by atoms with van der Waals surface area (Å²) in [6, 6.07) is 3.63. The molecule has 4 amide bonds. The zero-order chi connectivity index (χ0) is 19.3. The number of ether oxygens (including phenoxy) is 3. The number of hydrogen-bond acceptors (Lipinski definition) is 7. The van der Waals surface area contributed by atoms with Crippen LogP contribution in [0.1, 0.15) is 17.3 Å². The second-order valence-electron chi connectivity index (χ2n) is 5.39. The molecule has 0 spiro atoms. The highest BCUT2D eigenvalue weighted by Crippen LogP contribution is 2.28.